The number of likely N-dealkylation sites (tertiary alicyclic amines) is 1. The molecule has 2 amide bonds. The molecular formula is C19H31N3O4S. The minimum Gasteiger partial charge on any atom is -0.444 e. The van der Waals surface area contributed by atoms with Gasteiger partial charge in [-0.1, -0.05) is 11.3 Å². The third kappa shape index (κ3) is 6.37. The number of carbonyl (C=O) groups is 2. The van der Waals surface area contributed by atoms with E-state index in [1.165, 1.54) is 11.3 Å². The lowest BCUT2D eigenvalue weighted by Crippen LogP contribution is -2.45. The Bertz CT molecular complexity index is 719. The summed E-state index contributed by atoms with van der Waals surface area (Å²) in [7, 11) is 1.74. The molecule has 1 fully saturated rings. The molecule has 0 aromatic carbocycles. The summed E-state index contributed by atoms with van der Waals surface area (Å²) in [5, 5.41) is 1.82. The Labute approximate surface area is 164 Å². The predicted octanol–water partition coefficient (Wildman–Crippen LogP) is 2.71. The van der Waals surface area contributed by atoms with E-state index in [0.717, 1.165) is 25.1 Å². The minimum absolute atomic E-state index is 0.0178. The molecule has 0 aliphatic carbocycles. The van der Waals surface area contributed by atoms with Crippen molar-refractivity contribution in [1.29, 1.82) is 0 Å². The summed E-state index contributed by atoms with van der Waals surface area (Å²) in [5.74, 6) is 0.308. The lowest BCUT2D eigenvalue weighted by Gasteiger charge is -2.35. The van der Waals surface area contributed by atoms with Crippen LogP contribution in [0.15, 0.2) is 10.2 Å². The maximum Gasteiger partial charge on any atom is 0.410 e. The van der Waals surface area contributed by atoms with Gasteiger partial charge in [0.15, 0.2) is 0 Å². The van der Waals surface area contributed by atoms with Gasteiger partial charge in [0.1, 0.15) is 5.60 Å². The first-order chi connectivity index (χ1) is 12.6. The highest BCUT2D eigenvalue weighted by molar-refractivity contribution is 7.07. The van der Waals surface area contributed by atoms with Crippen LogP contribution in [0.5, 0.6) is 0 Å². The maximum atomic E-state index is 12.6. The fourth-order valence-corrected chi connectivity index (χ4v) is 4.04. The zero-order valence-electron chi connectivity index (χ0n) is 17.0. The number of hydrogen-bond donors (Lipinski definition) is 0. The molecule has 0 saturated carbocycles. The molecule has 2 rings (SSSR count). The van der Waals surface area contributed by atoms with Gasteiger partial charge in [-0.05, 0) is 46.5 Å². The molecule has 1 atom stereocenters. The number of amides is 2. The van der Waals surface area contributed by atoms with Gasteiger partial charge >= 0.3 is 11.0 Å². The van der Waals surface area contributed by atoms with Gasteiger partial charge in [-0.2, -0.15) is 0 Å². The maximum absolute atomic E-state index is 12.6. The van der Waals surface area contributed by atoms with E-state index in [1.807, 2.05) is 38.0 Å². The molecule has 1 aliphatic heterocycles. The summed E-state index contributed by atoms with van der Waals surface area (Å²) in [6, 6.07) is 0. The van der Waals surface area contributed by atoms with E-state index in [9.17, 15) is 14.4 Å². The second-order valence-electron chi connectivity index (χ2n) is 8.25. The Morgan fingerprint density at radius 3 is 2.67 bits per heavy atom. The monoisotopic (exact) mass is 397 g/mol. The molecule has 0 radical (unpaired) electrons. The highest BCUT2D eigenvalue weighted by Crippen LogP contribution is 2.19. The lowest BCUT2D eigenvalue weighted by molar-refractivity contribution is -0.133. The van der Waals surface area contributed by atoms with Gasteiger partial charge in [-0.25, -0.2) is 4.79 Å². The largest absolute Gasteiger partial charge is 0.444 e. The SMILES string of the molecule is Cc1csc(=O)n1CCC(=O)N1CCCC(CN(C)C(=O)OC(C)(C)C)C1. The van der Waals surface area contributed by atoms with Gasteiger partial charge in [0.2, 0.25) is 5.91 Å². The van der Waals surface area contributed by atoms with E-state index in [0.29, 0.717) is 26.1 Å². The normalized spacial score (nSPS) is 17.7. The molecule has 0 spiro atoms. The molecule has 0 bridgehead atoms. The summed E-state index contributed by atoms with van der Waals surface area (Å²) < 4.78 is 7.05. The fourth-order valence-electron chi connectivity index (χ4n) is 3.28. The van der Waals surface area contributed by atoms with Crippen LogP contribution in [0.2, 0.25) is 0 Å². The molecule has 1 saturated heterocycles. The Morgan fingerprint density at radius 1 is 1.37 bits per heavy atom. The van der Waals surface area contributed by atoms with E-state index in [1.54, 1.807) is 16.5 Å². The van der Waals surface area contributed by atoms with Crippen LogP contribution >= 0.6 is 11.3 Å². The topological polar surface area (TPSA) is 71.9 Å². The van der Waals surface area contributed by atoms with Gasteiger partial charge in [0.25, 0.3) is 0 Å². The molecule has 1 aromatic rings. The number of piperidine rings is 1. The summed E-state index contributed by atoms with van der Waals surface area (Å²) in [4.78, 5) is 39.9. The smallest absolute Gasteiger partial charge is 0.410 e. The van der Waals surface area contributed by atoms with Crippen LogP contribution in [-0.4, -0.2) is 58.7 Å². The number of rotatable bonds is 5. The van der Waals surface area contributed by atoms with Crippen LogP contribution in [0, 0.1) is 12.8 Å². The van der Waals surface area contributed by atoms with E-state index in [2.05, 4.69) is 0 Å². The molecule has 27 heavy (non-hydrogen) atoms. The van der Waals surface area contributed by atoms with Crippen molar-refractivity contribution in [3.8, 4) is 0 Å². The number of nitrogens with zero attached hydrogens (tertiary/aromatic N) is 3. The van der Waals surface area contributed by atoms with E-state index in [-0.39, 0.29) is 22.8 Å². The van der Waals surface area contributed by atoms with Gasteiger partial charge in [0.05, 0.1) is 0 Å². The number of aryl methyl sites for hydroxylation is 1. The Kier molecular flexibility index (Phi) is 7.08. The van der Waals surface area contributed by atoms with Crippen molar-refractivity contribution in [2.45, 2.75) is 59.1 Å². The molecule has 1 aliphatic rings. The van der Waals surface area contributed by atoms with Crippen LogP contribution in [0.25, 0.3) is 0 Å². The van der Waals surface area contributed by atoms with E-state index < -0.39 is 5.60 Å². The van der Waals surface area contributed by atoms with Crippen molar-refractivity contribution in [2.24, 2.45) is 5.92 Å². The lowest BCUT2D eigenvalue weighted by atomic mass is 9.97. The molecule has 1 aromatic heterocycles. The van der Waals surface area contributed by atoms with Crippen LogP contribution in [0.1, 0.15) is 45.7 Å². The molecule has 2 heterocycles. The predicted molar refractivity (Wildman–Crippen MR) is 106 cm³/mol. The quantitative estimate of drug-likeness (QED) is 0.766. The average Bonchev–Trinajstić information content (AvgIpc) is 2.89. The van der Waals surface area contributed by atoms with Crippen LogP contribution in [-0.2, 0) is 16.1 Å². The van der Waals surface area contributed by atoms with Gasteiger partial charge in [-0.3, -0.25) is 9.59 Å². The van der Waals surface area contributed by atoms with Crippen molar-refractivity contribution < 1.29 is 14.3 Å². The Balaban J connectivity index is 1.85. The summed E-state index contributed by atoms with van der Waals surface area (Å²) >= 11 is 1.17. The second kappa shape index (κ2) is 8.91. The molecule has 8 heteroatoms. The summed E-state index contributed by atoms with van der Waals surface area (Å²) in [6.45, 7) is 9.80. The van der Waals surface area contributed by atoms with Crippen molar-refractivity contribution in [3.05, 3.63) is 20.7 Å². The average molecular weight is 398 g/mol. The highest BCUT2D eigenvalue weighted by atomic mass is 32.1. The second-order valence-corrected chi connectivity index (χ2v) is 9.07. The molecule has 152 valence electrons. The first-order valence-corrected chi connectivity index (χ1v) is 10.3. The molecular weight excluding hydrogens is 366 g/mol. The summed E-state index contributed by atoms with van der Waals surface area (Å²) in [5.41, 5.74) is 0.380. The third-order valence-electron chi connectivity index (χ3n) is 4.63. The van der Waals surface area contributed by atoms with Gasteiger partial charge in [0, 0.05) is 50.7 Å². The minimum atomic E-state index is -0.516. The van der Waals surface area contributed by atoms with Crippen molar-refractivity contribution in [2.75, 3.05) is 26.7 Å². The van der Waals surface area contributed by atoms with Crippen LogP contribution < -0.4 is 4.87 Å². The fraction of sp³-hybridized carbons (Fsp3) is 0.737. The number of aromatic nitrogens is 1. The Hall–Kier alpha value is -1.83. The van der Waals surface area contributed by atoms with E-state index >= 15 is 0 Å². The summed E-state index contributed by atoms with van der Waals surface area (Å²) in [6.07, 6.45) is 1.90. The van der Waals surface area contributed by atoms with Crippen LogP contribution in [0.3, 0.4) is 0 Å². The zero-order valence-corrected chi connectivity index (χ0v) is 17.8. The van der Waals surface area contributed by atoms with Crippen molar-refractivity contribution >= 4 is 23.3 Å². The molecule has 1 unspecified atom stereocenters. The van der Waals surface area contributed by atoms with Crippen molar-refractivity contribution in [3.63, 3.8) is 0 Å². The van der Waals surface area contributed by atoms with E-state index in [4.69, 9.17) is 4.74 Å². The Morgan fingerprint density at radius 2 is 2.07 bits per heavy atom. The van der Waals surface area contributed by atoms with Gasteiger partial charge in [-0.15, -0.1) is 0 Å². The first-order valence-electron chi connectivity index (χ1n) is 9.43. The number of thiazole rings is 1. The standard InChI is InChI=1S/C19H31N3O4S/c1-14-13-27-18(25)22(14)10-8-16(23)21-9-6-7-15(12-21)11-20(5)17(24)26-19(2,3)4/h13,15H,6-12H2,1-5H3. The highest BCUT2D eigenvalue weighted by Gasteiger charge is 2.27. The van der Waals surface area contributed by atoms with Gasteiger partial charge < -0.3 is 19.1 Å². The number of ether oxygens (including phenoxy) is 1. The first kappa shape index (κ1) is 21.5. The van der Waals surface area contributed by atoms with Crippen LogP contribution in [0.4, 0.5) is 4.79 Å². The molecule has 7 nitrogen and oxygen atoms in total. The third-order valence-corrected chi connectivity index (χ3v) is 5.52. The van der Waals surface area contributed by atoms with Crippen molar-refractivity contribution in [1.82, 2.24) is 14.4 Å². The number of carbonyl (C=O) groups excluding carboxylic acids is 2. The molecule has 0 N–H and O–H groups in total. The zero-order chi connectivity index (χ0) is 20.2. The number of hydrogen-bond acceptors (Lipinski definition) is 5.